The second-order valence-corrected chi connectivity index (χ2v) is 12.3. The van der Waals surface area contributed by atoms with Gasteiger partial charge in [-0.15, -0.1) is 0 Å². The van der Waals surface area contributed by atoms with E-state index in [2.05, 4.69) is 86.8 Å². The van der Waals surface area contributed by atoms with Gasteiger partial charge in [-0.25, -0.2) is 0 Å². The lowest BCUT2D eigenvalue weighted by atomic mass is 10.2. The van der Waals surface area contributed by atoms with Crippen LogP contribution in [0.3, 0.4) is 0 Å². The van der Waals surface area contributed by atoms with Gasteiger partial charge in [0.2, 0.25) is 0 Å². The van der Waals surface area contributed by atoms with E-state index in [1.165, 1.54) is 10.4 Å². The first-order valence-electron chi connectivity index (χ1n) is 9.64. The van der Waals surface area contributed by atoms with Crippen LogP contribution in [0.1, 0.15) is 33.6 Å². The summed E-state index contributed by atoms with van der Waals surface area (Å²) in [5.74, 6) is 0. The summed E-state index contributed by atoms with van der Waals surface area (Å²) in [7, 11) is -2.39. The molecule has 0 aliphatic carbocycles. The SMILES string of the molecule is CC(C)(C)[Si](OCCCC1NCCO1)(c1ccccc1)c1ccccc1. The van der Waals surface area contributed by atoms with Gasteiger partial charge < -0.3 is 9.16 Å². The highest BCUT2D eigenvalue weighted by atomic mass is 28.4. The molecule has 1 aliphatic rings. The molecular formula is C22H31NO2Si. The average molecular weight is 370 g/mol. The predicted molar refractivity (Wildman–Crippen MR) is 111 cm³/mol. The van der Waals surface area contributed by atoms with E-state index in [4.69, 9.17) is 9.16 Å². The smallest absolute Gasteiger partial charge is 0.261 e. The van der Waals surface area contributed by atoms with E-state index in [9.17, 15) is 0 Å². The first-order chi connectivity index (χ1) is 12.5. The van der Waals surface area contributed by atoms with Crippen molar-refractivity contribution in [1.29, 1.82) is 0 Å². The number of hydrogen-bond acceptors (Lipinski definition) is 3. The van der Waals surface area contributed by atoms with Crippen molar-refractivity contribution in [1.82, 2.24) is 5.32 Å². The lowest BCUT2D eigenvalue weighted by molar-refractivity contribution is 0.0880. The van der Waals surface area contributed by atoms with E-state index in [1.54, 1.807) is 0 Å². The maximum atomic E-state index is 6.88. The molecule has 1 atom stereocenters. The molecule has 4 heteroatoms. The highest BCUT2D eigenvalue weighted by Crippen LogP contribution is 2.36. The van der Waals surface area contributed by atoms with Crippen LogP contribution in [0, 0.1) is 0 Å². The van der Waals surface area contributed by atoms with Crippen LogP contribution >= 0.6 is 0 Å². The molecule has 3 rings (SSSR count). The molecule has 2 aromatic carbocycles. The standard InChI is InChI=1S/C22H31NO2Si/c1-22(2,3)26(19-11-6-4-7-12-19,20-13-8-5-9-14-20)25-17-10-15-21-23-16-18-24-21/h4-9,11-14,21,23H,10,15-18H2,1-3H3. The second kappa shape index (κ2) is 8.48. The van der Waals surface area contributed by atoms with Gasteiger partial charge >= 0.3 is 0 Å². The van der Waals surface area contributed by atoms with Crippen molar-refractivity contribution in [2.75, 3.05) is 19.8 Å². The third-order valence-corrected chi connectivity index (χ3v) is 10.2. The maximum Gasteiger partial charge on any atom is 0.261 e. The summed E-state index contributed by atoms with van der Waals surface area (Å²) in [6.07, 6.45) is 2.19. The number of hydrogen-bond donors (Lipinski definition) is 1. The second-order valence-electron chi connectivity index (χ2n) is 7.97. The molecule has 0 spiro atoms. The summed E-state index contributed by atoms with van der Waals surface area (Å²) in [5.41, 5.74) is 0. The highest BCUT2D eigenvalue weighted by Gasteiger charge is 2.49. The Labute approximate surface area is 158 Å². The Morgan fingerprint density at radius 2 is 1.58 bits per heavy atom. The van der Waals surface area contributed by atoms with E-state index in [0.29, 0.717) is 0 Å². The minimum atomic E-state index is -2.39. The molecule has 2 aromatic rings. The summed E-state index contributed by atoms with van der Waals surface area (Å²) < 4.78 is 12.5. The zero-order valence-electron chi connectivity index (χ0n) is 16.2. The summed E-state index contributed by atoms with van der Waals surface area (Å²) in [6.45, 7) is 9.50. The summed E-state index contributed by atoms with van der Waals surface area (Å²) >= 11 is 0. The van der Waals surface area contributed by atoms with Gasteiger partial charge in [0.05, 0.1) is 6.61 Å². The third-order valence-electron chi connectivity index (χ3n) is 5.14. The fourth-order valence-electron chi connectivity index (χ4n) is 3.92. The Balaban J connectivity index is 1.87. The molecule has 1 heterocycles. The molecule has 0 radical (unpaired) electrons. The van der Waals surface area contributed by atoms with E-state index in [-0.39, 0.29) is 11.3 Å². The van der Waals surface area contributed by atoms with Crippen LogP contribution in [-0.2, 0) is 9.16 Å². The largest absolute Gasteiger partial charge is 0.407 e. The van der Waals surface area contributed by atoms with Crippen LogP contribution in [0.15, 0.2) is 60.7 Å². The van der Waals surface area contributed by atoms with Crippen molar-refractivity contribution < 1.29 is 9.16 Å². The average Bonchev–Trinajstić information content (AvgIpc) is 3.16. The van der Waals surface area contributed by atoms with E-state index in [1.807, 2.05) is 0 Å². The predicted octanol–water partition coefficient (Wildman–Crippen LogP) is 3.29. The highest BCUT2D eigenvalue weighted by molar-refractivity contribution is 6.99. The lowest BCUT2D eigenvalue weighted by Crippen LogP contribution is -2.66. The maximum absolute atomic E-state index is 6.88. The lowest BCUT2D eigenvalue weighted by Gasteiger charge is -2.43. The molecule has 1 unspecified atom stereocenters. The van der Waals surface area contributed by atoms with Gasteiger partial charge in [0.15, 0.2) is 0 Å². The molecule has 0 amide bonds. The molecule has 3 nitrogen and oxygen atoms in total. The minimum Gasteiger partial charge on any atom is -0.407 e. The molecule has 1 N–H and O–H groups in total. The molecule has 1 aliphatic heterocycles. The molecular weight excluding hydrogens is 338 g/mol. The quantitative estimate of drug-likeness (QED) is 0.600. The van der Waals surface area contributed by atoms with Gasteiger partial charge in [-0.1, -0.05) is 81.4 Å². The summed E-state index contributed by atoms with van der Waals surface area (Å²) in [6, 6.07) is 21.7. The Bertz CT molecular complexity index is 624. The van der Waals surface area contributed by atoms with Crippen molar-refractivity contribution in [3.8, 4) is 0 Å². The molecule has 0 bridgehead atoms. The van der Waals surface area contributed by atoms with Crippen molar-refractivity contribution in [2.45, 2.75) is 44.9 Å². The van der Waals surface area contributed by atoms with Crippen LogP contribution in [0.25, 0.3) is 0 Å². The number of benzene rings is 2. The Morgan fingerprint density at radius 1 is 1.00 bits per heavy atom. The van der Waals surface area contributed by atoms with E-state index < -0.39 is 8.32 Å². The van der Waals surface area contributed by atoms with Crippen molar-refractivity contribution in [2.24, 2.45) is 0 Å². The van der Waals surface area contributed by atoms with Gasteiger partial charge in [-0.3, -0.25) is 5.32 Å². The first-order valence-corrected chi connectivity index (χ1v) is 11.5. The van der Waals surface area contributed by atoms with Crippen LogP contribution < -0.4 is 15.7 Å². The Hall–Kier alpha value is -1.46. The van der Waals surface area contributed by atoms with Crippen molar-refractivity contribution >= 4 is 18.7 Å². The number of rotatable bonds is 7. The monoisotopic (exact) mass is 369 g/mol. The Morgan fingerprint density at radius 3 is 2.04 bits per heavy atom. The molecule has 26 heavy (non-hydrogen) atoms. The fourth-order valence-corrected chi connectivity index (χ4v) is 8.53. The van der Waals surface area contributed by atoms with Gasteiger partial charge in [0.25, 0.3) is 8.32 Å². The molecule has 1 saturated heterocycles. The summed E-state index contributed by atoms with van der Waals surface area (Å²) in [4.78, 5) is 0. The van der Waals surface area contributed by atoms with Gasteiger partial charge in [-0.05, 0) is 28.3 Å². The van der Waals surface area contributed by atoms with E-state index in [0.717, 1.165) is 32.6 Å². The van der Waals surface area contributed by atoms with Crippen LogP contribution in [-0.4, -0.2) is 34.3 Å². The third kappa shape index (κ3) is 4.09. The van der Waals surface area contributed by atoms with Gasteiger partial charge in [0, 0.05) is 13.2 Å². The molecule has 140 valence electrons. The molecule has 0 aromatic heterocycles. The van der Waals surface area contributed by atoms with Crippen LogP contribution in [0.5, 0.6) is 0 Å². The minimum absolute atomic E-state index is 0.0395. The zero-order valence-corrected chi connectivity index (χ0v) is 17.2. The van der Waals surface area contributed by atoms with Crippen molar-refractivity contribution in [3.05, 3.63) is 60.7 Å². The van der Waals surface area contributed by atoms with Crippen LogP contribution in [0.4, 0.5) is 0 Å². The number of nitrogens with one attached hydrogen (secondary N) is 1. The van der Waals surface area contributed by atoms with Gasteiger partial charge in [-0.2, -0.15) is 0 Å². The molecule has 1 fully saturated rings. The van der Waals surface area contributed by atoms with Crippen LogP contribution in [0.2, 0.25) is 5.04 Å². The van der Waals surface area contributed by atoms with E-state index >= 15 is 0 Å². The topological polar surface area (TPSA) is 30.5 Å². The van der Waals surface area contributed by atoms with Gasteiger partial charge in [0.1, 0.15) is 6.23 Å². The zero-order chi connectivity index (χ0) is 18.5. The number of ether oxygens (including phenoxy) is 1. The Kier molecular flexibility index (Phi) is 6.30. The summed E-state index contributed by atoms with van der Waals surface area (Å²) in [5, 5.41) is 6.10. The van der Waals surface area contributed by atoms with Crippen molar-refractivity contribution in [3.63, 3.8) is 0 Å². The normalized spacial score (nSPS) is 18.2. The fraction of sp³-hybridized carbons (Fsp3) is 0.455. The molecule has 0 saturated carbocycles. The first kappa shape index (κ1) is 19.3.